The highest BCUT2D eigenvalue weighted by Crippen LogP contribution is 2.39. The third-order valence-corrected chi connectivity index (χ3v) is 2.36. The van der Waals surface area contributed by atoms with Gasteiger partial charge in [-0.2, -0.15) is 0 Å². The van der Waals surface area contributed by atoms with Crippen LogP contribution in [0.4, 0.5) is 11.4 Å². The third kappa shape index (κ3) is 3.55. The Kier molecular flexibility index (Phi) is 5.71. The number of aromatic hydroxyl groups is 1. The van der Waals surface area contributed by atoms with Gasteiger partial charge in [-0.3, -0.25) is 4.79 Å². The van der Waals surface area contributed by atoms with E-state index >= 15 is 0 Å². The number of rotatable bonds is 6. The number of nitrogens with zero attached hydrogens (tertiary/aromatic N) is 2. The van der Waals surface area contributed by atoms with Crippen LogP contribution in [0.5, 0.6) is 5.75 Å². The summed E-state index contributed by atoms with van der Waals surface area (Å²) < 4.78 is 0. The third-order valence-electron chi connectivity index (χ3n) is 2.36. The average molecular weight is 272 g/mol. The van der Waals surface area contributed by atoms with Crippen LogP contribution in [0.1, 0.15) is 17.3 Å². The standard InChI is InChI=1S/C14H12N2O4/c1-2-3-4-5-6-7-12(17)10-8-9-11(15-19)13(16-20)14(10)18/h2-9,18H,1H3/b3-2-,5-4-,7-6+. The second-order valence-corrected chi connectivity index (χ2v) is 3.65. The van der Waals surface area contributed by atoms with Gasteiger partial charge >= 0.3 is 0 Å². The van der Waals surface area contributed by atoms with E-state index < -0.39 is 17.2 Å². The first-order valence-electron chi connectivity index (χ1n) is 5.68. The van der Waals surface area contributed by atoms with Crippen LogP contribution in [0.25, 0.3) is 0 Å². The zero-order chi connectivity index (χ0) is 15.0. The topological polar surface area (TPSA) is 96.2 Å². The molecule has 1 rings (SSSR count). The van der Waals surface area contributed by atoms with Gasteiger partial charge in [0.15, 0.2) is 17.2 Å². The monoisotopic (exact) mass is 272 g/mol. The zero-order valence-corrected chi connectivity index (χ0v) is 10.7. The molecule has 0 aliphatic carbocycles. The van der Waals surface area contributed by atoms with Gasteiger partial charge < -0.3 is 5.11 Å². The molecule has 0 spiro atoms. The van der Waals surface area contributed by atoms with Crippen molar-refractivity contribution < 1.29 is 9.90 Å². The molecule has 6 heteroatoms. The smallest absolute Gasteiger partial charge is 0.189 e. The van der Waals surface area contributed by atoms with Gasteiger partial charge in [-0.1, -0.05) is 30.4 Å². The number of allylic oxidation sites excluding steroid dienone is 6. The van der Waals surface area contributed by atoms with E-state index in [0.717, 1.165) is 6.07 Å². The van der Waals surface area contributed by atoms with E-state index in [0.29, 0.717) is 0 Å². The van der Waals surface area contributed by atoms with Gasteiger partial charge in [0, 0.05) is 0 Å². The molecule has 1 aromatic carbocycles. The van der Waals surface area contributed by atoms with Crippen molar-refractivity contribution in [1.82, 2.24) is 0 Å². The van der Waals surface area contributed by atoms with Gasteiger partial charge in [-0.15, -0.1) is 9.81 Å². The number of phenolic OH excluding ortho intramolecular Hbond substituents is 1. The Labute approximate surface area is 115 Å². The van der Waals surface area contributed by atoms with Crippen LogP contribution in [0.15, 0.2) is 58.9 Å². The number of ketones is 1. The van der Waals surface area contributed by atoms with Crippen LogP contribution in [0.3, 0.4) is 0 Å². The second kappa shape index (κ2) is 7.52. The number of carbonyl (C=O) groups excluding carboxylic acids is 1. The summed E-state index contributed by atoms with van der Waals surface area (Å²) in [5.41, 5.74) is -0.975. The minimum atomic E-state index is -0.649. The van der Waals surface area contributed by atoms with E-state index in [9.17, 15) is 19.7 Å². The number of hydrogen-bond donors (Lipinski definition) is 1. The van der Waals surface area contributed by atoms with Gasteiger partial charge in [0.05, 0.1) is 5.56 Å². The fourth-order valence-corrected chi connectivity index (χ4v) is 1.40. The first-order valence-corrected chi connectivity index (χ1v) is 5.68. The van der Waals surface area contributed by atoms with Crippen molar-refractivity contribution in [2.24, 2.45) is 10.4 Å². The van der Waals surface area contributed by atoms with E-state index in [1.54, 1.807) is 18.2 Å². The van der Waals surface area contributed by atoms with Crippen LogP contribution in [0, 0.1) is 9.81 Å². The van der Waals surface area contributed by atoms with Crippen molar-refractivity contribution in [3.8, 4) is 5.75 Å². The molecular weight excluding hydrogens is 260 g/mol. The zero-order valence-electron chi connectivity index (χ0n) is 10.7. The van der Waals surface area contributed by atoms with Crippen molar-refractivity contribution in [2.45, 2.75) is 6.92 Å². The summed E-state index contributed by atoms with van der Waals surface area (Å²) in [5.74, 6) is -1.17. The number of hydrogen-bond acceptors (Lipinski definition) is 6. The molecule has 0 amide bonds. The molecule has 0 aromatic heterocycles. The van der Waals surface area contributed by atoms with Crippen molar-refractivity contribution in [2.75, 3.05) is 0 Å². The lowest BCUT2D eigenvalue weighted by Crippen LogP contribution is -1.94. The quantitative estimate of drug-likeness (QED) is 0.365. The Morgan fingerprint density at radius 3 is 2.40 bits per heavy atom. The molecule has 0 saturated heterocycles. The Bertz CT molecular complexity index is 616. The molecule has 0 aliphatic heterocycles. The minimum Gasteiger partial charge on any atom is -0.505 e. The lowest BCUT2D eigenvalue weighted by atomic mass is 10.1. The Morgan fingerprint density at radius 2 is 1.80 bits per heavy atom. The summed E-state index contributed by atoms with van der Waals surface area (Å²) in [6.45, 7) is 1.85. The molecule has 0 radical (unpaired) electrons. The second-order valence-electron chi connectivity index (χ2n) is 3.65. The summed E-state index contributed by atoms with van der Waals surface area (Å²) in [5, 5.41) is 14.8. The molecule has 102 valence electrons. The van der Waals surface area contributed by atoms with E-state index in [-0.39, 0.29) is 11.3 Å². The highest BCUT2D eigenvalue weighted by molar-refractivity contribution is 6.08. The highest BCUT2D eigenvalue weighted by atomic mass is 16.3. The summed E-state index contributed by atoms with van der Waals surface area (Å²) in [4.78, 5) is 32.8. The van der Waals surface area contributed by atoms with E-state index in [1.807, 2.05) is 13.0 Å². The molecule has 0 unspecified atom stereocenters. The van der Waals surface area contributed by atoms with E-state index in [1.165, 1.54) is 18.2 Å². The SMILES string of the molecule is C\C=C/C=C\C=C\C(=O)c1ccc(N=O)c(N=O)c1O. The molecule has 0 aliphatic rings. The summed E-state index contributed by atoms with van der Waals surface area (Å²) >= 11 is 0. The first kappa shape index (κ1) is 15.2. The highest BCUT2D eigenvalue weighted by Gasteiger charge is 2.17. The van der Waals surface area contributed by atoms with Crippen LogP contribution in [-0.4, -0.2) is 10.9 Å². The molecule has 0 atom stereocenters. The number of carbonyl (C=O) groups is 1. The average Bonchev–Trinajstić information content (AvgIpc) is 2.46. The Morgan fingerprint density at radius 1 is 1.10 bits per heavy atom. The largest absolute Gasteiger partial charge is 0.505 e. The van der Waals surface area contributed by atoms with Gasteiger partial charge in [0.25, 0.3) is 0 Å². The van der Waals surface area contributed by atoms with Crippen LogP contribution < -0.4 is 0 Å². The normalized spacial score (nSPS) is 11.4. The molecule has 1 aromatic rings. The molecule has 20 heavy (non-hydrogen) atoms. The lowest BCUT2D eigenvalue weighted by Gasteiger charge is -2.03. The van der Waals surface area contributed by atoms with Crippen molar-refractivity contribution in [1.29, 1.82) is 0 Å². The van der Waals surface area contributed by atoms with Gasteiger partial charge in [0.2, 0.25) is 0 Å². The molecule has 0 saturated carbocycles. The number of benzene rings is 1. The maximum atomic E-state index is 11.8. The van der Waals surface area contributed by atoms with Crippen molar-refractivity contribution >= 4 is 17.2 Å². The van der Waals surface area contributed by atoms with Crippen LogP contribution in [-0.2, 0) is 0 Å². The summed E-state index contributed by atoms with van der Waals surface area (Å²) in [7, 11) is 0. The van der Waals surface area contributed by atoms with E-state index in [2.05, 4.69) is 10.4 Å². The van der Waals surface area contributed by atoms with E-state index in [4.69, 9.17) is 0 Å². The summed E-state index contributed by atoms with van der Waals surface area (Å²) in [6, 6.07) is 2.36. The molecule has 0 bridgehead atoms. The van der Waals surface area contributed by atoms with Crippen molar-refractivity contribution in [3.63, 3.8) is 0 Å². The van der Waals surface area contributed by atoms with Crippen LogP contribution >= 0.6 is 0 Å². The number of phenols is 1. The number of nitroso groups, excluding NO2 is 2. The molecule has 6 nitrogen and oxygen atoms in total. The molecule has 0 heterocycles. The summed E-state index contributed by atoms with van der Waals surface area (Å²) in [6.07, 6.45) is 9.67. The maximum Gasteiger partial charge on any atom is 0.189 e. The van der Waals surface area contributed by atoms with Gasteiger partial charge in [-0.25, -0.2) is 0 Å². The Hall–Kier alpha value is -2.89. The predicted molar refractivity (Wildman–Crippen MR) is 76.4 cm³/mol. The maximum absolute atomic E-state index is 11.8. The predicted octanol–water partition coefficient (Wildman–Crippen LogP) is 4.06. The molecule has 0 fully saturated rings. The fourth-order valence-electron chi connectivity index (χ4n) is 1.40. The van der Waals surface area contributed by atoms with Gasteiger partial charge in [0.1, 0.15) is 5.69 Å². The first-order chi connectivity index (χ1) is 9.65. The lowest BCUT2D eigenvalue weighted by molar-refractivity contribution is 0.104. The van der Waals surface area contributed by atoms with Crippen molar-refractivity contribution in [3.05, 3.63) is 64.0 Å². The fraction of sp³-hybridized carbons (Fsp3) is 0.0714. The Balaban J connectivity index is 3.05. The molecular formula is C14H12N2O4. The molecule has 1 N–H and O–H groups in total. The van der Waals surface area contributed by atoms with Crippen LogP contribution in [0.2, 0.25) is 0 Å². The minimum absolute atomic E-state index is 0.123. The van der Waals surface area contributed by atoms with Gasteiger partial charge in [-0.05, 0) is 35.5 Å².